The molecule has 150 valence electrons. The highest BCUT2D eigenvalue weighted by Gasteiger charge is 2.19. The van der Waals surface area contributed by atoms with Crippen molar-refractivity contribution in [1.82, 2.24) is 10.0 Å². The molecule has 7 heteroatoms. The lowest BCUT2D eigenvalue weighted by atomic mass is 10.1. The predicted octanol–water partition coefficient (Wildman–Crippen LogP) is 3.28. The topological polar surface area (TPSA) is 95.5 Å². The van der Waals surface area contributed by atoms with Crippen LogP contribution in [0.2, 0.25) is 0 Å². The molecule has 0 radical (unpaired) electrons. The number of unbranched alkanes of at least 4 members (excludes halogenated alkanes) is 9. The number of carboxylic acid groups (broad SMARTS) is 1. The molecular formula is C18H38N2O4S. The van der Waals surface area contributed by atoms with Gasteiger partial charge in [-0.1, -0.05) is 71.6 Å². The Morgan fingerprint density at radius 2 is 1.44 bits per heavy atom. The molecule has 0 bridgehead atoms. The fourth-order valence-electron chi connectivity index (χ4n) is 2.78. The van der Waals surface area contributed by atoms with Gasteiger partial charge in [-0.05, 0) is 13.0 Å². The summed E-state index contributed by atoms with van der Waals surface area (Å²) in [5.74, 6) is -0.921. The van der Waals surface area contributed by atoms with Crippen LogP contribution < -0.4 is 10.0 Å². The molecule has 0 heterocycles. The number of nitrogens with one attached hydrogen (secondary N) is 2. The van der Waals surface area contributed by atoms with Crippen LogP contribution in [0.4, 0.5) is 0 Å². The van der Waals surface area contributed by atoms with E-state index in [1.807, 2.05) is 6.92 Å². The summed E-state index contributed by atoms with van der Waals surface area (Å²) >= 11 is 0. The molecular weight excluding hydrogens is 340 g/mol. The highest BCUT2D eigenvalue weighted by Crippen LogP contribution is 2.11. The van der Waals surface area contributed by atoms with Gasteiger partial charge in [0.25, 0.3) is 0 Å². The van der Waals surface area contributed by atoms with Crippen molar-refractivity contribution in [3.05, 3.63) is 0 Å². The second kappa shape index (κ2) is 15.6. The van der Waals surface area contributed by atoms with Crippen molar-refractivity contribution in [2.24, 2.45) is 0 Å². The van der Waals surface area contributed by atoms with Crippen LogP contribution in [0.1, 0.15) is 84.5 Å². The average Bonchev–Trinajstić information content (AvgIpc) is 2.53. The molecule has 1 atom stereocenters. The average molecular weight is 379 g/mol. The summed E-state index contributed by atoms with van der Waals surface area (Å²) in [6.45, 7) is 5.12. The summed E-state index contributed by atoms with van der Waals surface area (Å²) in [6.07, 6.45) is 11.3. The number of carbonyl (C=O) groups is 1. The number of rotatable bonds is 18. The molecule has 0 saturated carbocycles. The zero-order chi connectivity index (χ0) is 19.0. The zero-order valence-electron chi connectivity index (χ0n) is 16.1. The number of hydrogen-bond acceptors (Lipinski definition) is 4. The predicted molar refractivity (Wildman–Crippen MR) is 103 cm³/mol. The second-order valence-corrected chi connectivity index (χ2v) is 8.59. The first kappa shape index (κ1) is 24.3. The summed E-state index contributed by atoms with van der Waals surface area (Å²) in [4.78, 5) is 10.8. The van der Waals surface area contributed by atoms with E-state index in [2.05, 4.69) is 17.0 Å². The lowest BCUT2D eigenvalue weighted by molar-refractivity contribution is -0.137. The van der Waals surface area contributed by atoms with Gasteiger partial charge in [0.05, 0.1) is 12.2 Å². The molecule has 0 aromatic carbocycles. The van der Waals surface area contributed by atoms with Gasteiger partial charge in [-0.25, -0.2) is 13.1 Å². The molecule has 0 aromatic heterocycles. The van der Waals surface area contributed by atoms with Crippen molar-refractivity contribution in [3.8, 4) is 0 Å². The van der Waals surface area contributed by atoms with Crippen LogP contribution in [0, 0.1) is 0 Å². The standard InChI is InChI=1S/C18H38N2O4S/c1-3-5-6-7-8-9-10-11-12-13-14-25(23,24)20-17(15-18(21)22)16-19-4-2/h17,19-20H,3-16H2,1-2H3,(H,21,22). The molecule has 0 aromatic rings. The number of likely N-dealkylation sites (N-methyl/N-ethyl adjacent to an activating group) is 1. The highest BCUT2D eigenvalue weighted by molar-refractivity contribution is 7.89. The monoisotopic (exact) mass is 378 g/mol. The van der Waals surface area contributed by atoms with Crippen LogP contribution >= 0.6 is 0 Å². The van der Waals surface area contributed by atoms with Crippen molar-refractivity contribution < 1.29 is 18.3 Å². The Hall–Kier alpha value is -0.660. The Morgan fingerprint density at radius 3 is 1.92 bits per heavy atom. The highest BCUT2D eigenvalue weighted by atomic mass is 32.2. The van der Waals surface area contributed by atoms with Crippen molar-refractivity contribution in [3.63, 3.8) is 0 Å². The van der Waals surface area contributed by atoms with Crippen LogP contribution in [0.3, 0.4) is 0 Å². The van der Waals surface area contributed by atoms with Crippen LogP contribution in [0.15, 0.2) is 0 Å². The van der Waals surface area contributed by atoms with E-state index >= 15 is 0 Å². The SMILES string of the molecule is CCCCCCCCCCCCS(=O)(=O)NC(CNCC)CC(=O)O. The van der Waals surface area contributed by atoms with E-state index in [-0.39, 0.29) is 12.2 Å². The van der Waals surface area contributed by atoms with Crippen LogP contribution in [0.25, 0.3) is 0 Å². The van der Waals surface area contributed by atoms with E-state index in [9.17, 15) is 13.2 Å². The summed E-state index contributed by atoms with van der Waals surface area (Å²) in [7, 11) is -3.42. The Kier molecular flexibility index (Phi) is 15.2. The molecule has 0 aliphatic rings. The maximum atomic E-state index is 12.1. The smallest absolute Gasteiger partial charge is 0.305 e. The van der Waals surface area contributed by atoms with Crippen molar-refractivity contribution in [2.45, 2.75) is 90.5 Å². The third-order valence-electron chi connectivity index (χ3n) is 4.17. The summed E-state index contributed by atoms with van der Waals surface area (Å²) in [6, 6.07) is -0.592. The van der Waals surface area contributed by atoms with Crippen molar-refractivity contribution in [2.75, 3.05) is 18.8 Å². The summed E-state index contributed by atoms with van der Waals surface area (Å²) in [5.41, 5.74) is 0. The van der Waals surface area contributed by atoms with Gasteiger partial charge in [0.2, 0.25) is 10.0 Å². The van der Waals surface area contributed by atoms with E-state index in [0.717, 1.165) is 12.8 Å². The second-order valence-electron chi connectivity index (χ2n) is 6.72. The number of hydrogen-bond donors (Lipinski definition) is 3. The van der Waals surface area contributed by atoms with E-state index in [1.165, 1.54) is 44.9 Å². The summed E-state index contributed by atoms with van der Waals surface area (Å²) < 4.78 is 26.7. The molecule has 3 N–H and O–H groups in total. The third-order valence-corrected chi connectivity index (χ3v) is 5.69. The molecule has 1 unspecified atom stereocenters. The van der Waals surface area contributed by atoms with Gasteiger partial charge in [0.15, 0.2) is 0 Å². The third kappa shape index (κ3) is 16.6. The van der Waals surface area contributed by atoms with Crippen LogP contribution in [-0.2, 0) is 14.8 Å². The minimum Gasteiger partial charge on any atom is -0.481 e. The van der Waals surface area contributed by atoms with Crippen molar-refractivity contribution >= 4 is 16.0 Å². The maximum absolute atomic E-state index is 12.1. The molecule has 0 amide bonds. The number of sulfonamides is 1. The Labute approximate surface area is 154 Å². The largest absolute Gasteiger partial charge is 0.481 e. The summed E-state index contributed by atoms with van der Waals surface area (Å²) in [5, 5.41) is 11.9. The maximum Gasteiger partial charge on any atom is 0.305 e. The first-order valence-electron chi connectivity index (χ1n) is 9.83. The molecule has 0 fully saturated rings. The lowest BCUT2D eigenvalue weighted by Gasteiger charge is -2.17. The van der Waals surface area contributed by atoms with Gasteiger partial charge < -0.3 is 10.4 Å². The first-order valence-corrected chi connectivity index (χ1v) is 11.5. The fraction of sp³-hybridized carbons (Fsp3) is 0.944. The first-order chi connectivity index (χ1) is 11.9. The molecule has 6 nitrogen and oxygen atoms in total. The Balaban J connectivity index is 3.85. The molecule has 0 saturated heterocycles. The van der Waals surface area contributed by atoms with E-state index < -0.39 is 22.0 Å². The Bertz CT molecular complexity index is 427. The number of carboxylic acids is 1. The van der Waals surface area contributed by atoms with Crippen molar-refractivity contribution in [1.29, 1.82) is 0 Å². The van der Waals surface area contributed by atoms with E-state index in [1.54, 1.807) is 0 Å². The molecule has 0 aliphatic carbocycles. The van der Waals surface area contributed by atoms with Gasteiger partial charge >= 0.3 is 5.97 Å². The van der Waals surface area contributed by atoms with E-state index in [4.69, 9.17) is 5.11 Å². The Morgan fingerprint density at radius 1 is 0.920 bits per heavy atom. The van der Waals surface area contributed by atoms with Gasteiger partial charge in [0.1, 0.15) is 0 Å². The lowest BCUT2D eigenvalue weighted by Crippen LogP contribution is -2.44. The normalized spacial score (nSPS) is 13.0. The van der Waals surface area contributed by atoms with Gasteiger partial charge in [-0.15, -0.1) is 0 Å². The van der Waals surface area contributed by atoms with Crippen LogP contribution in [0.5, 0.6) is 0 Å². The van der Waals surface area contributed by atoms with Gasteiger partial charge in [-0.3, -0.25) is 4.79 Å². The quantitative estimate of drug-likeness (QED) is 0.318. The minimum absolute atomic E-state index is 0.0751. The molecule has 0 rings (SSSR count). The fourth-order valence-corrected chi connectivity index (χ4v) is 4.15. The van der Waals surface area contributed by atoms with Gasteiger partial charge in [0, 0.05) is 12.6 Å². The number of aliphatic carboxylic acids is 1. The molecule has 0 spiro atoms. The molecule has 0 aliphatic heterocycles. The van der Waals surface area contributed by atoms with E-state index in [0.29, 0.717) is 19.5 Å². The minimum atomic E-state index is -3.42. The van der Waals surface area contributed by atoms with Gasteiger partial charge in [-0.2, -0.15) is 0 Å². The van der Waals surface area contributed by atoms with Crippen LogP contribution in [-0.4, -0.2) is 44.4 Å². The molecule has 25 heavy (non-hydrogen) atoms. The zero-order valence-corrected chi connectivity index (χ0v) is 16.9.